The van der Waals surface area contributed by atoms with Gasteiger partial charge in [0.2, 0.25) is 0 Å². The lowest BCUT2D eigenvalue weighted by molar-refractivity contribution is 0.131. The third-order valence-corrected chi connectivity index (χ3v) is 3.18. The van der Waals surface area contributed by atoms with Gasteiger partial charge in [0, 0.05) is 6.54 Å². The predicted octanol–water partition coefficient (Wildman–Crippen LogP) is 0.904. The van der Waals surface area contributed by atoms with Crippen LogP contribution < -0.4 is 16.6 Å². The second kappa shape index (κ2) is 4.05. The lowest BCUT2D eigenvalue weighted by Gasteiger charge is -2.41. The Morgan fingerprint density at radius 1 is 1.58 bits per heavy atom. The fraction of sp³-hybridized carbons (Fsp3) is 0.875. The zero-order valence-electron chi connectivity index (χ0n) is 7.52. The zero-order valence-corrected chi connectivity index (χ0v) is 8.34. The van der Waals surface area contributed by atoms with Crippen LogP contribution in [0.2, 0.25) is 0 Å². The molecule has 0 saturated heterocycles. The number of nitrogens with one attached hydrogen (secondary N) is 2. The molecule has 4 N–H and O–H groups in total. The average molecular weight is 187 g/mol. The van der Waals surface area contributed by atoms with E-state index in [9.17, 15) is 0 Å². The smallest absolute Gasteiger partial charge is 0.180 e. The molecule has 4 heteroatoms. The fourth-order valence-corrected chi connectivity index (χ4v) is 1.72. The van der Waals surface area contributed by atoms with Crippen LogP contribution in [0.1, 0.15) is 32.6 Å². The summed E-state index contributed by atoms with van der Waals surface area (Å²) in [6.45, 7) is 3.20. The summed E-state index contributed by atoms with van der Waals surface area (Å²) in [5.41, 5.74) is 2.93. The highest BCUT2D eigenvalue weighted by molar-refractivity contribution is 7.80. The molecular weight excluding hydrogens is 170 g/mol. The fourth-order valence-electron chi connectivity index (χ4n) is 1.65. The van der Waals surface area contributed by atoms with E-state index in [1.165, 1.54) is 25.7 Å². The Hall–Kier alpha value is -0.350. The molecule has 0 aromatic carbocycles. The molecule has 0 unspecified atom stereocenters. The standard InChI is InChI=1S/C8H17N3S/c1-2-8(4-3-5-8)6-10-7(12)11-9/h2-6,9H2,1H3,(H2,10,11,12). The van der Waals surface area contributed by atoms with Crippen LogP contribution in [-0.4, -0.2) is 11.7 Å². The second-order valence-electron chi connectivity index (χ2n) is 3.53. The van der Waals surface area contributed by atoms with Crippen LogP contribution >= 0.6 is 12.2 Å². The van der Waals surface area contributed by atoms with Crippen LogP contribution in [-0.2, 0) is 0 Å². The molecule has 3 nitrogen and oxygen atoms in total. The first-order chi connectivity index (χ1) is 5.72. The molecule has 0 aromatic rings. The number of nitrogens with two attached hydrogens (primary N) is 1. The van der Waals surface area contributed by atoms with Crippen LogP contribution in [0.4, 0.5) is 0 Å². The van der Waals surface area contributed by atoms with Crippen molar-refractivity contribution < 1.29 is 0 Å². The lowest BCUT2D eigenvalue weighted by Crippen LogP contribution is -2.47. The van der Waals surface area contributed by atoms with Gasteiger partial charge in [-0.25, -0.2) is 5.84 Å². The summed E-state index contributed by atoms with van der Waals surface area (Å²) in [5.74, 6) is 5.15. The Kier molecular flexibility index (Phi) is 3.29. The van der Waals surface area contributed by atoms with Crippen molar-refractivity contribution in [3.8, 4) is 0 Å². The highest BCUT2D eigenvalue weighted by atomic mass is 32.1. The van der Waals surface area contributed by atoms with Crippen LogP contribution in [0.25, 0.3) is 0 Å². The first-order valence-corrected chi connectivity index (χ1v) is 4.88. The average Bonchev–Trinajstić information content (AvgIpc) is 2.03. The molecule has 12 heavy (non-hydrogen) atoms. The van der Waals surface area contributed by atoms with Crippen molar-refractivity contribution in [2.45, 2.75) is 32.6 Å². The van der Waals surface area contributed by atoms with Gasteiger partial charge < -0.3 is 10.7 Å². The van der Waals surface area contributed by atoms with E-state index in [0.717, 1.165) is 6.54 Å². The molecule has 0 amide bonds. The molecule has 0 aromatic heterocycles. The second-order valence-corrected chi connectivity index (χ2v) is 3.94. The molecule has 1 saturated carbocycles. The van der Waals surface area contributed by atoms with Crippen molar-refractivity contribution >= 4 is 17.3 Å². The molecule has 1 fully saturated rings. The van der Waals surface area contributed by atoms with Gasteiger partial charge in [-0.1, -0.05) is 13.3 Å². The third-order valence-electron chi connectivity index (χ3n) is 2.92. The summed E-state index contributed by atoms with van der Waals surface area (Å²) in [4.78, 5) is 0. The Bertz CT molecular complexity index is 160. The number of hydrogen-bond donors (Lipinski definition) is 3. The Morgan fingerprint density at radius 2 is 2.25 bits per heavy atom. The van der Waals surface area contributed by atoms with E-state index < -0.39 is 0 Å². The number of rotatable bonds is 3. The van der Waals surface area contributed by atoms with Gasteiger partial charge in [0.25, 0.3) is 0 Å². The highest BCUT2D eigenvalue weighted by Crippen LogP contribution is 2.42. The summed E-state index contributed by atoms with van der Waals surface area (Å²) in [5, 5.41) is 3.67. The molecule has 1 aliphatic rings. The molecule has 0 atom stereocenters. The Labute approximate surface area is 79.1 Å². The van der Waals surface area contributed by atoms with Gasteiger partial charge in [-0.15, -0.1) is 0 Å². The first kappa shape index (κ1) is 9.74. The summed E-state index contributed by atoms with van der Waals surface area (Å²) >= 11 is 4.90. The Morgan fingerprint density at radius 3 is 2.58 bits per heavy atom. The molecule has 0 spiro atoms. The van der Waals surface area contributed by atoms with Gasteiger partial charge in [-0.2, -0.15) is 0 Å². The van der Waals surface area contributed by atoms with E-state index in [1.54, 1.807) is 0 Å². The minimum Gasteiger partial charge on any atom is -0.361 e. The van der Waals surface area contributed by atoms with Crippen molar-refractivity contribution in [3.63, 3.8) is 0 Å². The van der Waals surface area contributed by atoms with Gasteiger partial charge in [0.05, 0.1) is 0 Å². The molecule has 0 radical (unpaired) electrons. The van der Waals surface area contributed by atoms with Gasteiger partial charge in [0.15, 0.2) is 5.11 Å². The van der Waals surface area contributed by atoms with Crippen molar-refractivity contribution in [1.82, 2.24) is 10.7 Å². The van der Waals surface area contributed by atoms with Gasteiger partial charge in [0.1, 0.15) is 0 Å². The first-order valence-electron chi connectivity index (χ1n) is 4.47. The molecule has 1 rings (SSSR count). The maximum Gasteiger partial charge on any atom is 0.180 e. The summed E-state index contributed by atoms with van der Waals surface area (Å²) in [6, 6.07) is 0. The van der Waals surface area contributed by atoms with Crippen LogP contribution in [0.3, 0.4) is 0 Å². The summed E-state index contributed by atoms with van der Waals surface area (Å²) in [6.07, 6.45) is 5.24. The monoisotopic (exact) mass is 187 g/mol. The van der Waals surface area contributed by atoms with Crippen molar-refractivity contribution in [2.75, 3.05) is 6.54 Å². The summed E-state index contributed by atoms with van der Waals surface area (Å²) in [7, 11) is 0. The van der Waals surface area contributed by atoms with Gasteiger partial charge in [-0.3, -0.25) is 0 Å². The van der Waals surface area contributed by atoms with E-state index in [-0.39, 0.29) is 0 Å². The Balaban J connectivity index is 2.24. The normalized spacial score (nSPS) is 19.5. The number of hydrogen-bond acceptors (Lipinski definition) is 2. The predicted molar refractivity (Wildman–Crippen MR) is 54.5 cm³/mol. The molecule has 0 aliphatic heterocycles. The third kappa shape index (κ3) is 2.08. The SMILES string of the molecule is CCC1(CNC(=S)NN)CCC1. The van der Waals surface area contributed by atoms with E-state index in [0.29, 0.717) is 10.5 Å². The largest absolute Gasteiger partial charge is 0.361 e. The number of thiocarbonyl (C=S) groups is 1. The van der Waals surface area contributed by atoms with E-state index in [4.69, 9.17) is 18.1 Å². The lowest BCUT2D eigenvalue weighted by atomic mass is 9.67. The molecule has 1 aliphatic carbocycles. The summed E-state index contributed by atoms with van der Waals surface area (Å²) < 4.78 is 0. The van der Waals surface area contributed by atoms with E-state index >= 15 is 0 Å². The van der Waals surface area contributed by atoms with Crippen molar-refractivity contribution in [1.29, 1.82) is 0 Å². The van der Waals surface area contributed by atoms with Crippen LogP contribution in [0.15, 0.2) is 0 Å². The van der Waals surface area contributed by atoms with Crippen LogP contribution in [0.5, 0.6) is 0 Å². The quantitative estimate of drug-likeness (QED) is 0.349. The van der Waals surface area contributed by atoms with Gasteiger partial charge in [-0.05, 0) is 36.9 Å². The van der Waals surface area contributed by atoms with Crippen LogP contribution in [0, 0.1) is 5.41 Å². The maximum atomic E-state index is 5.15. The van der Waals surface area contributed by atoms with E-state index in [1.807, 2.05) is 0 Å². The van der Waals surface area contributed by atoms with E-state index in [2.05, 4.69) is 17.7 Å². The van der Waals surface area contributed by atoms with Gasteiger partial charge >= 0.3 is 0 Å². The van der Waals surface area contributed by atoms with Crippen molar-refractivity contribution in [2.24, 2.45) is 11.3 Å². The maximum absolute atomic E-state index is 5.15. The topological polar surface area (TPSA) is 50.1 Å². The molecular formula is C8H17N3S. The van der Waals surface area contributed by atoms with Crippen molar-refractivity contribution in [3.05, 3.63) is 0 Å². The molecule has 70 valence electrons. The zero-order chi connectivity index (χ0) is 9.03. The highest BCUT2D eigenvalue weighted by Gasteiger charge is 2.34. The minimum atomic E-state index is 0.501. The number of hydrazine groups is 1. The minimum absolute atomic E-state index is 0.501. The molecule has 0 bridgehead atoms. The molecule has 0 heterocycles.